The topological polar surface area (TPSA) is 40.5 Å². The van der Waals surface area contributed by atoms with Gasteiger partial charge in [0.25, 0.3) is 0 Å². The zero-order chi connectivity index (χ0) is 13.3. The summed E-state index contributed by atoms with van der Waals surface area (Å²) in [6.07, 6.45) is 1.66. The molecular formula is C14H18BrNO2. The van der Waals surface area contributed by atoms with Gasteiger partial charge in [0.15, 0.2) is 0 Å². The van der Waals surface area contributed by atoms with Gasteiger partial charge < -0.3 is 10.0 Å². The Labute approximate surface area is 116 Å². The number of halogens is 1. The van der Waals surface area contributed by atoms with Crippen molar-refractivity contribution in [2.45, 2.75) is 32.2 Å². The molecule has 1 heterocycles. The molecule has 0 aliphatic carbocycles. The van der Waals surface area contributed by atoms with E-state index < -0.39 is 5.97 Å². The lowest BCUT2D eigenvalue weighted by Crippen LogP contribution is -2.52. The van der Waals surface area contributed by atoms with Crippen molar-refractivity contribution in [3.8, 4) is 0 Å². The molecule has 1 aromatic carbocycles. The molecule has 1 saturated heterocycles. The van der Waals surface area contributed by atoms with Gasteiger partial charge in [-0.15, -0.1) is 0 Å². The van der Waals surface area contributed by atoms with Crippen LogP contribution in [0, 0.1) is 5.92 Å². The lowest BCUT2D eigenvalue weighted by molar-refractivity contribution is -0.142. The molecule has 0 aromatic heterocycles. The fourth-order valence-corrected chi connectivity index (χ4v) is 2.91. The predicted octanol–water partition coefficient (Wildman–Crippen LogP) is 3.53. The van der Waals surface area contributed by atoms with Crippen LogP contribution in [0.25, 0.3) is 0 Å². The van der Waals surface area contributed by atoms with Crippen molar-refractivity contribution in [1.29, 1.82) is 0 Å². The minimum absolute atomic E-state index is 0.00669. The van der Waals surface area contributed by atoms with Gasteiger partial charge in [0.1, 0.15) is 0 Å². The molecule has 1 N–H and O–H groups in total. The lowest BCUT2D eigenvalue weighted by atomic mass is 9.84. The number of carboxylic acid groups (broad SMARTS) is 1. The van der Waals surface area contributed by atoms with E-state index in [1.54, 1.807) is 0 Å². The molecule has 1 fully saturated rings. The standard InChI is InChI=1S/C14H18BrNO2/c1-14(2)7-6-10(13(17)18)9-16(14)12-5-3-4-11(15)8-12/h3-5,8,10H,6-7,9H2,1-2H3,(H,17,18). The van der Waals surface area contributed by atoms with E-state index >= 15 is 0 Å². The second-order valence-electron chi connectivity index (χ2n) is 5.48. The van der Waals surface area contributed by atoms with Crippen LogP contribution in [0.2, 0.25) is 0 Å². The van der Waals surface area contributed by atoms with Crippen LogP contribution >= 0.6 is 15.9 Å². The van der Waals surface area contributed by atoms with Crippen molar-refractivity contribution < 1.29 is 9.90 Å². The fraction of sp³-hybridized carbons (Fsp3) is 0.500. The number of benzene rings is 1. The Morgan fingerprint density at radius 2 is 2.22 bits per heavy atom. The number of aliphatic carboxylic acids is 1. The highest BCUT2D eigenvalue weighted by Gasteiger charge is 2.37. The SMILES string of the molecule is CC1(C)CCC(C(=O)O)CN1c1cccc(Br)c1. The Morgan fingerprint density at radius 3 is 2.83 bits per heavy atom. The summed E-state index contributed by atoms with van der Waals surface area (Å²) in [6, 6.07) is 8.05. The average Bonchev–Trinajstić information content (AvgIpc) is 2.28. The Morgan fingerprint density at radius 1 is 1.50 bits per heavy atom. The monoisotopic (exact) mass is 311 g/mol. The van der Waals surface area contributed by atoms with E-state index in [0.29, 0.717) is 6.54 Å². The minimum atomic E-state index is -0.689. The van der Waals surface area contributed by atoms with Crippen LogP contribution in [0.3, 0.4) is 0 Å². The smallest absolute Gasteiger partial charge is 0.308 e. The first kappa shape index (κ1) is 13.4. The summed E-state index contributed by atoms with van der Waals surface area (Å²) in [6.45, 7) is 4.93. The molecule has 1 atom stereocenters. The van der Waals surface area contributed by atoms with Crippen LogP contribution in [0.1, 0.15) is 26.7 Å². The lowest BCUT2D eigenvalue weighted by Gasteiger charge is -2.46. The van der Waals surface area contributed by atoms with Crippen LogP contribution < -0.4 is 4.90 Å². The highest BCUT2D eigenvalue weighted by molar-refractivity contribution is 9.10. The average molecular weight is 312 g/mol. The van der Waals surface area contributed by atoms with Gasteiger partial charge in [-0.1, -0.05) is 22.0 Å². The first-order valence-corrected chi connectivity index (χ1v) is 6.95. The van der Waals surface area contributed by atoms with Crippen molar-refractivity contribution in [1.82, 2.24) is 0 Å². The van der Waals surface area contributed by atoms with E-state index in [4.69, 9.17) is 0 Å². The summed E-state index contributed by atoms with van der Waals surface area (Å²) < 4.78 is 1.02. The highest BCUT2D eigenvalue weighted by atomic mass is 79.9. The zero-order valence-electron chi connectivity index (χ0n) is 10.7. The molecule has 4 heteroatoms. The quantitative estimate of drug-likeness (QED) is 0.908. The summed E-state index contributed by atoms with van der Waals surface area (Å²) in [5.41, 5.74) is 1.09. The minimum Gasteiger partial charge on any atom is -0.481 e. The number of nitrogens with zero attached hydrogens (tertiary/aromatic N) is 1. The summed E-state index contributed by atoms with van der Waals surface area (Å²) in [5.74, 6) is -0.956. The van der Waals surface area contributed by atoms with Crippen LogP contribution in [0.5, 0.6) is 0 Å². The third-order valence-electron chi connectivity index (χ3n) is 3.71. The fourth-order valence-electron chi connectivity index (χ4n) is 2.52. The second-order valence-corrected chi connectivity index (χ2v) is 6.39. The van der Waals surface area contributed by atoms with Gasteiger partial charge in [0.05, 0.1) is 5.92 Å². The molecule has 0 saturated carbocycles. The van der Waals surface area contributed by atoms with Gasteiger partial charge in [-0.2, -0.15) is 0 Å². The molecule has 1 aliphatic heterocycles. The molecule has 0 radical (unpaired) electrons. The summed E-state index contributed by atoms with van der Waals surface area (Å²) >= 11 is 3.47. The molecule has 2 rings (SSSR count). The zero-order valence-corrected chi connectivity index (χ0v) is 12.3. The number of hydrogen-bond donors (Lipinski definition) is 1. The second kappa shape index (κ2) is 4.92. The van der Waals surface area contributed by atoms with E-state index in [9.17, 15) is 9.90 Å². The Kier molecular flexibility index (Phi) is 3.66. The molecule has 0 amide bonds. The van der Waals surface area contributed by atoms with Crippen molar-refractivity contribution in [3.63, 3.8) is 0 Å². The van der Waals surface area contributed by atoms with E-state index in [2.05, 4.69) is 34.7 Å². The van der Waals surface area contributed by atoms with E-state index in [1.807, 2.05) is 24.3 Å². The number of carboxylic acids is 1. The van der Waals surface area contributed by atoms with Crippen LogP contribution in [-0.2, 0) is 4.79 Å². The molecule has 1 aliphatic rings. The Hall–Kier alpha value is -1.03. The number of hydrogen-bond acceptors (Lipinski definition) is 2. The Bertz CT molecular complexity index is 459. The van der Waals surface area contributed by atoms with Crippen LogP contribution in [0.4, 0.5) is 5.69 Å². The summed E-state index contributed by atoms with van der Waals surface area (Å²) in [7, 11) is 0. The van der Waals surface area contributed by atoms with E-state index in [1.165, 1.54) is 0 Å². The van der Waals surface area contributed by atoms with E-state index in [-0.39, 0.29) is 11.5 Å². The van der Waals surface area contributed by atoms with E-state index in [0.717, 1.165) is 23.0 Å². The van der Waals surface area contributed by atoms with Crippen LogP contribution in [0.15, 0.2) is 28.7 Å². The third kappa shape index (κ3) is 2.69. The third-order valence-corrected chi connectivity index (χ3v) is 4.20. The summed E-state index contributed by atoms with van der Waals surface area (Å²) in [5, 5.41) is 9.19. The highest BCUT2D eigenvalue weighted by Crippen LogP contribution is 2.35. The number of piperidine rings is 1. The molecule has 0 bridgehead atoms. The first-order chi connectivity index (χ1) is 8.40. The maximum atomic E-state index is 11.2. The molecule has 1 aromatic rings. The van der Waals surface area contributed by atoms with Crippen molar-refractivity contribution >= 4 is 27.6 Å². The summed E-state index contributed by atoms with van der Waals surface area (Å²) in [4.78, 5) is 13.4. The van der Waals surface area contributed by atoms with Gasteiger partial charge in [-0.25, -0.2) is 0 Å². The largest absolute Gasteiger partial charge is 0.481 e. The molecule has 0 spiro atoms. The maximum Gasteiger partial charge on any atom is 0.308 e. The maximum absolute atomic E-state index is 11.2. The normalized spacial score (nSPS) is 22.8. The number of anilines is 1. The van der Waals surface area contributed by atoms with Gasteiger partial charge >= 0.3 is 5.97 Å². The van der Waals surface area contributed by atoms with Gasteiger partial charge in [-0.3, -0.25) is 4.79 Å². The van der Waals surface area contributed by atoms with Crippen LogP contribution in [-0.4, -0.2) is 23.2 Å². The van der Waals surface area contributed by atoms with Gasteiger partial charge in [0, 0.05) is 22.2 Å². The van der Waals surface area contributed by atoms with Crippen molar-refractivity contribution in [2.75, 3.05) is 11.4 Å². The first-order valence-electron chi connectivity index (χ1n) is 6.16. The molecule has 18 heavy (non-hydrogen) atoms. The molecular weight excluding hydrogens is 294 g/mol. The van der Waals surface area contributed by atoms with Crippen molar-refractivity contribution in [3.05, 3.63) is 28.7 Å². The molecule has 1 unspecified atom stereocenters. The number of carbonyl (C=O) groups is 1. The van der Waals surface area contributed by atoms with Crippen molar-refractivity contribution in [2.24, 2.45) is 5.92 Å². The molecule has 3 nitrogen and oxygen atoms in total. The Balaban J connectivity index is 2.30. The number of rotatable bonds is 2. The van der Waals surface area contributed by atoms with Gasteiger partial charge in [-0.05, 0) is 44.9 Å². The molecule has 98 valence electrons. The van der Waals surface area contributed by atoms with Gasteiger partial charge in [0.2, 0.25) is 0 Å². The predicted molar refractivity (Wildman–Crippen MR) is 75.9 cm³/mol.